The average Bonchev–Trinajstić information content (AvgIpc) is 3.61. The minimum absolute atomic E-state index is 1.23. The Bertz CT molecular complexity index is 3220. The van der Waals surface area contributed by atoms with E-state index in [0.717, 1.165) is 0 Å². The van der Waals surface area contributed by atoms with Gasteiger partial charge in [-0.05, 0) is 99.7 Å². The molecule has 11 aromatic rings. The second-order valence-corrected chi connectivity index (χ2v) is 15.0. The fourth-order valence-corrected chi connectivity index (χ4v) is 9.98. The maximum Gasteiger partial charge on any atom is 0.0433 e. The van der Waals surface area contributed by atoms with E-state index < -0.39 is 0 Å². The van der Waals surface area contributed by atoms with Crippen LogP contribution in [0.4, 0.5) is 0 Å². The van der Waals surface area contributed by atoms with E-state index in [9.17, 15) is 0 Å². The lowest BCUT2D eigenvalue weighted by Crippen LogP contribution is -1.94. The minimum Gasteiger partial charge on any atom is -0.135 e. The number of benzene rings is 10. The molecule has 0 saturated heterocycles. The summed E-state index contributed by atoms with van der Waals surface area (Å²) >= 11 is 1.89. The summed E-state index contributed by atoms with van der Waals surface area (Å²) in [7, 11) is 0. The first-order chi connectivity index (χ1) is 26.3. The number of thiophene rings is 1. The Labute approximate surface area is 311 Å². The summed E-state index contributed by atoms with van der Waals surface area (Å²) in [4.78, 5) is 0. The lowest BCUT2D eigenvalue weighted by molar-refractivity contribution is 1.63. The fourth-order valence-electron chi connectivity index (χ4n) is 8.74. The van der Waals surface area contributed by atoms with Crippen LogP contribution < -0.4 is 0 Å². The van der Waals surface area contributed by atoms with Crippen molar-refractivity contribution >= 4 is 74.6 Å². The van der Waals surface area contributed by atoms with Gasteiger partial charge in [-0.1, -0.05) is 182 Å². The first-order valence-corrected chi connectivity index (χ1v) is 19.1. The molecule has 0 spiro atoms. The van der Waals surface area contributed by atoms with Gasteiger partial charge in [0.15, 0.2) is 0 Å². The normalized spacial score (nSPS) is 11.8. The highest BCUT2D eigenvalue weighted by atomic mass is 32.1. The Morgan fingerprint density at radius 2 is 0.736 bits per heavy atom. The van der Waals surface area contributed by atoms with Crippen LogP contribution in [0.5, 0.6) is 0 Å². The average molecular weight is 689 g/mol. The van der Waals surface area contributed by atoms with Crippen LogP contribution in [0.1, 0.15) is 0 Å². The molecule has 0 amide bonds. The summed E-state index contributed by atoms with van der Waals surface area (Å²) in [5.74, 6) is 0. The molecule has 0 aliphatic rings. The van der Waals surface area contributed by atoms with Gasteiger partial charge in [-0.25, -0.2) is 0 Å². The number of hydrogen-bond acceptors (Lipinski definition) is 1. The molecule has 0 radical (unpaired) electrons. The molecule has 246 valence electrons. The third-order valence-electron chi connectivity index (χ3n) is 11.1. The summed E-state index contributed by atoms with van der Waals surface area (Å²) in [6.45, 7) is 0. The molecule has 10 aromatic carbocycles. The van der Waals surface area contributed by atoms with Crippen molar-refractivity contribution in [2.45, 2.75) is 0 Å². The molecule has 0 bridgehead atoms. The maximum atomic E-state index is 2.48. The van der Waals surface area contributed by atoms with Crippen molar-refractivity contribution < 1.29 is 0 Å². The molecule has 0 fully saturated rings. The van der Waals surface area contributed by atoms with Crippen molar-refractivity contribution in [1.82, 2.24) is 0 Å². The molecule has 0 atom stereocenters. The van der Waals surface area contributed by atoms with Crippen LogP contribution >= 0.6 is 11.3 Å². The van der Waals surface area contributed by atoms with Crippen molar-refractivity contribution in [2.75, 3.05) is 0 Å². The van der Waals surface area contributed by atoms with E-state index in [2.05, 4.69) is 194 Å². The zero-order valence-corrected chi connectivity index (χ0v) is 29.7. The monoisotopic (exact) mass is 688 g/mol. The Morgan fingerprint density at radius 3 is 1.49 bits per heavy atom. The predicted molar refractivity (Wildman–Crippen MR) is 231 cm³/mol. The number of rotatable bonds is 4. The van der Waals surface area contributed by atoms with Crippen LogP contribution in [0.15, 0.2) is 194 Å². The molecule has 0 saturated carbocycles. The minimum atomic E-state index is 1.23. The summed E-state index contributed by atoms with van der Waals surface area (Å²) in [5, 5.41) is 12.7. The first-order valence-electron chi connectivity index (χ1n) is 18.3. The highest BCUT2D eigenvalue weighted by Gasteiger charge is 2.21. The standard InChI is InChI=1S/C52H32S/c1-3-18-36-33(14-1)16-11-26-39(36)40-20-5-6-22-43(40)51-45-24-8-7-23-44(45)50(42-27-12-17-34-15-2-4-19-37(34)42)46-31-30-35(32-48(46)51)38-25-13-28-47-41-21-9-10-29-49(41)53-52(38)47/h1-32H. The SMILES string of the molecule is c1ccc(-c2c3ccccc3c(-c3cccc4ccccc34)c3ccc(-c4cccc5c4sc4ccccc45)cc23)c(-c2cccc3ccccc23)c1. The van der Waals surface area contributed by atoms with Gasteiger partial charge in [0.05, 0.1) is 0 Å². The quantitative estimate of drug-likeness (QED) is 0.162. The van der Waals surface area contributed by atoms with E-state index in [1.807, 2.05) is 11.3 Å². The molecular formula is C52H32S. The molecule has 0 N–H and O–H groups in total. The molecule has 53 heavy (non-hydrogen) atoms. The molecule has 0 aliphatic heterocycles. The third kappa shape index (κ3) is 4.68. The van der Waals surface area contributed by atoms with Crippen molar-refractivity contribution in [2.24, 2.45) is 0 Å². The molecule has 1 heterocycles. The Hall–Kier alpha value is -6.54. The van der Waals surface area contributed by atoms with E-state index in [1.54, 1.807) is 0 Å². The first kappa shape index (κ1) is 30.1. The van der Waals surface area contributed by atoms with Crippen LogP contribution in [0, 0.1) is 0 Å². The lowest BCUT2D eigenvalue weighted by Gasteiger charge is -2.21. The zero-order chi connectivity index (χ0) is 34.9. The largest absolute Gasteiger partial charge is 0.135 e. The number of fused-ring (bicyclic) bond motifs is 7. The van der Waals surface area contributed by atoms with Crippen LogP contribution in [-0.4, -0.2) is 0 Å². The van der Waals surface area contributed by atoms with Crippen LogP contribution in [0.2, 0.25) is 0 Å². The second-order valence-electron chi connectivity index (χ2n) is 13.9. The van der Waals surface area contributed by atoms with Crippen molar-refractivity contribution in [3.05, 3.63) is 194 Å². The molecular weight excluding hydrogens is 657 g/mol. The highest BCUT2D eigenvalue weighted by Crippen LogP contribution is 2.49. The molecule has 0 aliphatic carbocycles. The summed E-state index contributed by atoms with van der Waals surface area (Å²) in [6, 6.07) is 71.8. The summed E-state index contributed by atoms with van der Waals surface area (Å²) in [6.07, 6.45) is 0. The molecule has 0 nitrogen and oxygen atoms in total. The van der Waals surface area contributed by atoms with Crippen molar-refractivity contribution in [1.29, 1.82) is 0 Å². The molecule has 1 aromatic heterocycles. The van der Waals surface area contributed by atoms with Crippen LogP contribution in [0.3, 0.4) is 0 Å². The smallest absolute Gasteiger partial charge is 0.0433 e. The highest BCUT2D eigenvalue weighted by molar-refractivity contribution is 7.26. The maximum absolute atomic E-state index is 2.48. The molecule has 0 unspecified atom stereocenters. The van der Waals surface area contributed by atoms with Gasteiger partial charge in [0.1, 0.15) is 0 Å². The van der Waals surface area contributed by atoms with E-state index >= 15 is 0 Å². The van der Waals surface area contributed by atoms with E-state index in [4.69, 9.17) is 0 Å². The second kappa shape index (κ2) is 12.0. The van der Waals surface area contributed by atoms with Gasteiger partial charge in [0.25, 0.3) is 0 Å². The molecule has 11 rings (SSSR count). The van der Waals surface area contributed by atoms with E-state index in [1.165, 1.54) is 108 Å². The van der Waals surface area contributed by atoms with E-state index in [-0.39, 0.29) is 0 Å². The van der Waals surface area contributed by atoms with E-state index in [0.29, 0.717) is 0 Å². The van der Waals surface area contributed by atoms with Gasteiger partial charge >= 0.3 is 0 Å². The van der Waals surface area contributed by atoms with Crippen LogP contribution in [0.25, 0.3) is 108 Å². The van der Waals surface area contributed by atoms with Gasteiger partial charge in [-0.2, -0.15) is 0 Å². The van der Waals surface area contributed by atoms with Gasteiger partial charge in [0, 0.05) is 20.2 Å². The summed E-state index contributed by atoms with van der Waals surface area (Å²) < 4.78 is 2.66. The Morgan fingerprint density at radius 1 is 0.264 bits per heavy atom. The van der Waals surface area contributed by atoms with Gasteiger partial charge < -0.3 is 0 Å². The van der Waals surface area contributed by atoms with Crippen LogP contribution in [-0.2, 0) is 0 Å². The van der Waals surface area contributed by atoms with Gasteiger partial charge in [0.2, 0.25) is 0 Å². The lowest BCUT2D eigenvalue weighted by atomic mass is 9.82. The van der Waals surface area contributed by atoms with Gasteiger partial charge in [-0.15, -0.1) is 11.3 Å². The molecule has 1 heteroatoms. The topological polar surface area (TPSA) is 0 Å². The predicted octanol–water partition coefficient (Wildman–Crippen LogP) is 15.3. The van der Waals surface area contributed by atoms with Crippen molar-refractivity contribution in [3.8, 4) is 44.5 Å². The van der Waals surface area contributed by atoms with Gasteiger partial charge in [-0.3, -0.25) is 0 Å². The Kier molecular flexibility index (Phi) is 6.83. The fraction of sp³-hybridized carbons (Fsp3) is 0. The number of hydrogen-bond donors (Lipinski definition) is 0. The Balaban J connectivity index is 1.29. The summed E-state index contributed by atoms with van der Waals surface area (Å²) in [5.41, 5.74) is 10.1. The van der Waals surface area contributed by atoms with Crippen molar-refractivity contribution in [3.63, 3.8) is 0 Å². The zero-order valence-electron chi connectivity index (χ0n) is 28.9. The third-order valence-corrected chi connectivity index (χ3v) is 12.3.